The fraction of sp³-hybridized carbons (Fsp3) is 0.357. The van der Waals surface area contributed by atoms with Crippen LogP contribution >= 0.6 is 0 Å². The largest absolute Gasteiger partial charge is 0.481 e. The Hall–Kier alpha value is -2.41. The third-order valence-electron chi connectivity index (χ3n) is 3.09. The number of carboxylic acids is 1. The van der Waals surface area contributed by atoms with Crippen LogP contribution in [-0.2, 0) is 4.79 Å². The van der Waals surface area contributed by atoms with Gasteiger partial charge in [0.2, 0.25) is 0 Å². The smallest absolute Gasteiger partial charge is 0.306 e. The number of aliphatic hydroxyl groups is 1. The van der Waals surface area contributed by atoms with Crippen LogP contribution in [0.3, 0.4) is 0 Å². The van der Waals surface area contributed by atoms with E-state index in [1.54, 1.807) is 16.7 Å². The highest BCUT2D eigenvalue weighted by Crippen LogP contribution is 2.10. The van der Waals surface area contributed by atoms with Crippen molar-refractivity contribution in [3.63, 3.8) is 0 Å². The van der Waals surface area contributed by atoms with Gasteiger partial charge in [0.15, 0.2) is 0 Å². The molecule has 3 N–H and O–H groups in total. The van der Waals surface area contributed by atoms with E-state index in [9.17, 15) is 14.7 Å². The lowest BCUT2D eigenvalue weighted by Gasteiger charge is -2.20. The number of hydrogen-bond acceptors (Lipinski definition) is 4. The number of nitrogens with zero attached hydrogens (tertiary/aromatic N) is 2. The SMILES string of the molecule is Cc1cccc2nc(C(=O)NCC(C)(O)CC(=O)O)cn12. The number of aryl methyl sites for hydroxylation is 1. The molecule has 7 heteroatoms. The van der Waals surface area contributed by atoms with Crippen molar-refractivity contribution in [1.29, 1.82) is 0 Å². The summed E-state index contributed by atoms with van der Waals surface area (Å²) in [5, 5.41) is 21.0. The lowest BCUT2D eigenvalue weighted by Crippen LogP contribution is -2.42. The minimum absolute atomic E-state index is 0.162. The van der Waals surface area contributed by atoms with E-state index >= 15 is 0 Å². The van der Waals surface area contributed by atoms with Gasteiger partial charge in [0.25, 0.3) is 5.91 Å². The second kappa shape index (κ2) is 5.53. The highest BCUT2D eigenvalue weighted by atomic mass is 16.4. The van der Waals surface area contributed by atoms with Crippen molar-refractivity contribution in [3.8, 4) is 0 Å². The third kappa shape index (κ3) is 3.57. The van der Waals surface area contributed by atoms with Crippen molar-refractivity contribution in [2.24, 2.45) is 0 Å². The van der Waals surface area contributed by atoms with Crippen LogP contribution in [0.4, 0.5) is 0 Å². The molecule has 1 amide bonds. The number of carbonyl (C=O) groups is 2. The Bertz CT molecular complexity index is 691. The molecule has 0 saturated carbocycles. The molecule has 0 fully saturated rings. The van der Waals surface area contributed by atoms with Gasteiger partial charge in [-0.15, -0.1) is 0 Å². The summed E-state index contributed by atoms with van der Waals surface area (Å²) in [6, 6.07) is 5.52. The quantitative estimate of drug-likeness (QED) is 0.748. The summed E-state index contributed by atoms with van der Waals surface area (Å²) in [5.41, 5.74) is 0.307. The Morgan fingerprint density at radius 3 is 2.76 bits per heavy atom. The van der Waals surface area contributed by atoms with Gasteiger partial charge >= 0.3 is 5.97 Å². The van der Waals surface area contributed by atoms with Crippen LogP contribution < -0.4 is 5.32 Å². The van der Waals surface area contributed by atoms with Gasteiger partial charge in [0.05, 0.1) is 12.0 Å². The van der Waals surface area contributed by atoms with Gasteiger partial charge in [-0.3, -0.25) is 9.59 Å². The lowest BCUT2D eigenvalue weighted by molar-refractivity contribution is -0.141. The maximum Gasteiger partial charge on any atom is 0.306 e. The van der Waals surface area contributed by atoms with Gasteiger partial charge in [-0.05, 0) is 26.0 Å². The predicted octanol–water partition coefficient (Wildman–Crippen LogP) is 0.598. The molecule has 2 heterocycles. The Labute approximate surface area is 121 Å². The number of rotatable bonds is 5. The fourth-order valence-electron chi connectivity index (χ4n) is 2.01. The van der Waals surface area contributed by atoms with Crippen LogP contribution in [0.5, 0.6) is 0 Å². The number of aliphatic carboxylic acids is 1. The first-order chi connectivity index (χ1) is 9.78. The Balaban J connectivity index is 2.09. The zero-order chi connectivity index (χ0) is 15.6. The summed E-state index contributed by atoms with van der Waals surface area (Å²) in [6.07, 6.45) is 1.16. The number of carbonyl (C=O) groups excluding carboxylic acids is 1. The minimum atomic E-state index is -1.50. The van der Waals surface area contributed by atoms with Crippen molar-refractivity contribution >= 4 is 17.5 Å². The molecule has 7 nitrogen and oxygen atoms in total. The maximum atomic E-state index is 12.0. The molecule has 0 radical (unpaired) electrons. The standard InChI is InChI=1S/C14H17N3O4/c1-9-4-3-5-11-16-10(7-17(9)11)13(20)15-8-14(2,21)6-12(18)19/h3-5,7,21H,6,8H2,1-2H3,(H,15,20)(H,18,19). The van der Waals surface area contributed by atoms with E-state index in [1.165, 1.54) is 6.92 Å². The summed E-state index contributed by atoms with van der Waals surface area (Å²) in [5.74, 6) is -1.58. The van der Waals surface area contributed by atoms with Gasteiger partial charge in [-0.2, -0.15) is 0 Å². The second-order valence-corrected chi connectivity index (χ2v) is 5.27. The highest BCUT2D eigenvalue weighted by molar-refractivity contribution is 5.93. The van der Waals surface area contributed by atoms with Gasteiger partial charge in [0.1, 0.15) is 11.3 Å². The van der Waals surface area contributed by atoms with Crippen LogP contribution in [0.15, 0.2) is 24.4 Å². The Morgan fingerprint density at radius 2 is 2.14 bits per heavy atom. The maximum absolute atomic E-state index is 12.0. The molecule has 0 saturated heterocycles. The number of pyridine rings is 1. The molecule has 2 rings (SSSR count). The number of carboxylic acid groups (broad SMARTS) is 1. The predicted molar refractivity (Wildman–Crippen MR) is 75.1 cm³/mol. The number of nitrogens with one attached hydrogen (secondary N) is 1. The summed E-state index contributed by atoms with van der Waals surface area (Å²) in [6.45, 7) is 3.09. The van der Waals surface area contributed by atoms with E-state index in [2.05, 4.69) is 10.3 Å². The van der Waals surface area contributed by atoms with Crippen LogP contribution in [0.2, 0.25) is 0 Å². The van der Waals surface area contributed by atoms with Gasteiger partial charge < -0.3 is 19.9 Å². The zero-order valence-electron chi connectivity index (χ0n) is 11.8. The molecule has 0 aromatic carbocycles. The first-order valence-electron chi connectivity index (χ1n) is 6.45. The number of hydrogen-bond donors (Lipinski definition) is 3. The third-order valence-corrected chi connectivity index (χ3v) is 3.09. The van der Waals surface area contributed by atoms with E-state index in [0.717, 1.165) is 5.69 Å². The van der Waals surface area contributed by atoms with Crippen molar-refractivity contribution in [1.82, 2.24) is 14.7 Å². The van der Waals surface area contributed by atoms with Crippen LogP contribution in [-0.4, -0.2) is 43.6 Å². The van der Waals surface area contributed by atoms with Crippen LogP contribution in [0.1, 0.15) is 29.5 Å². The van der Waals surface area contributed by atoms with E-state index in [1.807, 2.05) is 19.1 Å². The van der Waals surface area contributed by atoms with Crippen molar-refractivity contribution in [3.05, 3.63) is 35.8 Å². The number of imidazole rings is 1. The normalized spacial score (nSPS) is 13.9. The van der Waals surface area contributed by atoms with E-state index in [4.69, 9.17) is 5.11 Å². The molecule has 2 aromatic heterocycles. The first kappa shape index (κ1) is 15.0. The van der Waals surface area contributed by atoms with Crippen LogP contribution in [0.25, 0.3) is 5.65 Å². The summed E-state index contributed by atoms with van der Waals surface area (Å²) >= 11 is 0. The molecule has 21 heavy (non-hydrogen) atoms. The minimum Gasteiger partial charge on any atom is -0.481 e. The Kier molecular flexibility index (Phi) is 3.95. The molecule has 1 atom stereocenters. The molecular formula is C14H17N3O4. The van der Waals surface area contributed by atoms with E-state index in [-0.39, 0.29) is 12.2 Å². The number of amides is 1. The molecule has 1 unspecified atom stereocenters. The first-order valence-corrected chi connectivity index (χ1v) is 6.45. The van der Waals surface area contributed by atoms with Gasteiger partial charge in [-0.25, -0.2) is 4.98 Å². The molecular weight excluding hydrogens is 274 g/mol. The summed E-state index contributed by atoms with van der Waals surface area (Å²) in [7, 11) is 0. The van der Waals surface area contributed by atoms with E-state index < -0.39 is 23.9 Å². The summed E-state index contributed by atoms with van der Waals surface area (Å²) in [4.78, 5) is 26.8. The molecule has 0 aliphatic rings. The lowest BCUT2D eigenvalue weighted by atomic mass is 10.0. The second-order valence-electron chi connectivity index (χ2n) is 5.27. The monoisotopic (exact) mass is 291 g/mol. The highest BCUT2D eigenvalue weighted by Gasteiger charge is 2.25. The molecule has 112 valence electrons. The Morgan fingerprint density at radius 1 is 1.43 bits per heavy atom. The zero-order valence-corrected chi connectivity index (χ0v) is 11.8. The molecule has 0 bridgehead atoms. The van der Waals surface area contributed by atoms with Crippen LogP contribution in [0, 0.1) is 6.92 Å². The van der Waals surface area contributed by atoms with Crippen molar-refractivity contribution < 1.29 is 19.8 Å². The van der Waals surface area contributed by atoms with E-state index in [0.29, 0.717) is 5.65 Å². The fourth-order valence-corrected chi connectivity index (χ4v) is 2.01. The average Bonchev–Trinajstić information content (AvgIpc) is 2.80. The molecule has 2 aromatic rings. The van der Waals surface area contributed by atoms with Gasteiger partial charge in [-0.1, -0.05) is 6.07 Å². The molecule has 0 aliphatic carbocycles. The average molecular weight is 291 g/mol. The van der Waals surface area contributed by atoms with Crippen molar-refractivity contribution in [2.75, 3.05) is 6.54 Å². The van der Waals surface area contributed by atoms with Crippen molar-refractivity contribution in [2.45, 2.75) is 25.9 Å². The molecule has 0 spiro atoms. The molecule has 0 aliphatic heterocycles. The number of fused-ring (bicyclic) bond motifs is 1. The van der Waals surface area contributed by atoms with Gasteiger partial charge in [0, 0.05) is 18.4 Å². The topological polar surface area (TPSA) is 104 Å². The number of aromatic nitrogens is 2. The summed E-state index contributed by atoms with van der Waals surface area (Å²) < 4.78 is 1.78.